The third kappa shape index (κ3) is 5.75. The van der Waals surface area contributed by atoms with Crippen molar-refractivity contribution in [3.05, 3.63) is 53.6 Å². The van der Waals surface area contributed by atoms with Gasteiger partial charge in [0, 0.05) is 37.4 Å². The Balaban J connectivity index is 1.51. The Labute approximate surface area is 207 Å². The van der Waals surface area contributed by atoms with Crippen LogP contribution in [0.1, 0.15) is 41.6 Å². The summed E-state index contributed by atoms with van der Waals surface area (Å²) in [6.45, 7) is 4.04. The van der Waals surface area contributed by atoms with Gasteiger partial charge >= 0.3 is 0 Å². The molecule has 0 unspecified atom stereocenters. The quantitative estimate of drug-likeness (QED) is 0.626. The van der Waals surface area contributed by atoms with Crippen LogP contribution >= 0.6 is 0 Å². The molecule has 2 fully saturated rings. The summed E-state index contributed by atoms with van der Waals surface area (Å²) in [4.78, 5) is 13.3. The third-order valence-electron chi connectivity index (χ3n) is 6.38. The third-order valence-corrected chi connectivity index (χ3v) is 10.2. The number of nitrogens with zero attached hydrogens (tertiary/aromatic N) is 2. The summed E-state index contributed by atoms with van der Waals surface area (Å²) in [5, 5.41) is 2.75. The number of amides is 1. The number of ether oxygens (including phenoxy) is 1. The van der Waals surface area contributed by atoms with Crippen LogP contribution in [0.25, 0.3) is 0 Å². The molecule has 0 aliphatic carbocycles. The van der Waals surface area contributed by atoms with Gasteiger partial charge in [0.15, 0.2) is 0 Å². The molecule has 190 valence electrons. The molecule has 0 bridgehead atoms. The minimum absolute atomic E-state index is 0.0992. The zero-order valence-electron chi connectivity index (χ0n) is 19.8. The molecule has 0 radical (unpaired) electrons. The van der Waals surface area contributed by atoms with Crippen molar-refractivity contribution < 1.29 is 26.4 Å². The van der Waals surface area contributed by atoms with E-state index >= 15 is 0 Å². The summed E-state index contributed by atoms with van der Waals surface area (Å²) >= 11 is 0. The van der Waals surface area contributed by atoms with Gasteiger partial charge in [-0.15, -0.1) is 0 Å². The van der Waals surface area contributed by atoms with Gasteiger partial charge in [-0.25, -0.2) is 16.8 Å². The summed E-state index contributed by atoms with van der Waals surface area (Å²) in [5.41, 5.74) is 1.31. The highest BCUT2D eigenvalue weighted by Crippen LogP contribution is 2.24. The second-order valence-corrected chi connectivity index (χ2v) is 12.7. The average Bonchev–Trinajstić information content (AvgIpc) is 3.15. The molecule has 9 nitrogen and oxygen atoms in total. The van der Waals surface area contributed by atoms with Gasteiger partial charge in [0.05, 0.1) is 23.0 Å². The van der Waals surface area contributed by atoms with Gasteiger partial charge in [-0.3, -0.25) is 4.79 Å². The molecule has 11 heteroatoms. The molecule has 2 aromatic carbocycles. The van der Waals surface area contributed by atoms with Crippen molar-refractivity contribution in [2.45, 2.75) is 42.4 Å². The zero-order chi connectivity index (χ0) is 25.1. The van der Waals surface area contributed by atoms with Crippen LogP contribution in [0, 0.1) is 6.92 Å². The van der Waals surface area contributed by atoms with E-state index < -0.39 is 26.0 Å². The number of sulfonamides is 2. The molecular formula is C24H31N3O6S2. The lowest BCUT2D eigenvalue weighted by atomic mass is 10.1. The number of hydrogen-bond acceptors (Lipinski definition) is 6. The van der Waals surface area contributed by atoms with Gasteiger partial charge < -0.3 is 10.1 Å². The zero-order valence-corrected chi connectivity index (χ0v) is 21.4. The number of hydrogen-bond donors (Lipinski definition) is 1. The van der Waals surface area contributed by atoms with Crippen LogP contribution in [0.4, 0.5) is 5.69 Å². The van der Waals surface area contributed by atoms with Crippen molar-refractivity contribution in [1.82, 2.24) is 8.61 Å². The van der Waals surface area contributed by atoms with E-state index in [-0.39, 0.29) is 15.4 Å². The molecule has 0 aromatic heterocycles. The minimum atomic E-state index is -3.69. The second kappa shape index (κ2) is 10.8. The maximum absolute atomic E-state index is 13.2. The Hall–Kier alpha value is -2.31. The molecular weight excluding hydrogens is 490 g/mol. The Morgan fingerprint density at radius 2 is 1.31 bits per heavy atom. The van der Waals surface area contributed by atoms with Crippen LogP contribution in [0.5, 0.6) is 0 Å². The molecule has 2 aliphatic heterocycles. The van der Waals surface area contributed by atoms with E-state index in [9.17, 15) is 21.6 Å². The Bertz CT molecular complexity index is 1260. The topological polar surface area (TPSA) is 113 Å². The van der Waals surface area contributed by atoms with Crippen molar-refractivity contribution in [3.63, 3.8) is 0 Å². The van der Waals surface area contributed by atoms with Crippen molar-refractivity contribution in [2.24, 2.45) is 0 Å². The molecule has 0 spiro atoms. The minimum Gasteiger partial charge on any atom is -0.379 e. The van der Waals surface area contributed by atoms with Gasteiger partial charge in [-0.1, -0.05) is 18.9 Å². The van der Waals surface area contributed by atoms with Crippen LogP contribution in [0.15, 0.2) is 52.3 Å². The molecule has 4 rings (SSSR count). The second-order valence-electron chi connectivity index (χ2n) is 8.79. The van der Waals surface area contributed by atoms with Crippen molar-refractivity contribution in [2.75, 3.05) is 44.7 Å². The fourth-order valence-corrected chi connectivity index (χ4v) is 7.23. The van der Waals surface area contributed by atoms with Crippen LogP contribution in [0.2, 0.25) is 0 Å². The van der Waals surface area contributed by atoms with E-state index in [1.807, 2.05) is 0 Å². The average molecular weight is 522 g/mol. The molecule has 0 saturated carbocycles. The van der Waals surface area contributed by atoms with Crippen LogP contribution in [0.3, 0.4) is 0 Å². The summed E-state index contributed by atoms with van der Waals surface area (Å²) < 4.78 is 60.0. The molecule has 0 atom stereocenters. The smallest absolute Gasteiger partial charge is 0.255 e. The summed E-state index contributed by atoms with van der Waals surface area (Å²) in [7, 11) is -7.32. The fourth-order valence-electron chi connectivity index (χ4n) is 4.28. The SMILES string of the molecule is Cc1ccc(S(=O)(=O)N2CCCCCC2)cc1C(=O)Nc1ccc(S(=O)(=O)N2CCOCC2)cc1. The number of aryl methyl sites for hydroxylation is 1. The number of morpholine rings is 1. The van der Waals surface area contributed by atoms with E-state index in [0.29, 0.717) is 50.6 Å². The lowest BCUT2D eigenvalue weighted by Crippen LogP contribution is -2.40. The van der Waals surface area contributed by atoms with E-state index in [2.05, 4.69) is 5.32 Å². The predicted molar refractivity (Wildman–Crippen MR) is 132 cm³/mol. The summed E-state index contributed by atoms with van der Waals surface area (Å²) in [6.07, 6.45) is 3.69. The van der Waals surface area contributed by atoms with Gasteiger partial charge in [-0.2, -0.15) is 8.61 Å². The first-order valence-corrected chi connectivity index (χ1v) is 14.7. The standard InChI is InChI=1S/C24H31N3O6S2/c1-19-6-9-22(35(31,32)26-12-4-2-3-5-13-26)18-23(19)24(28)25-20-7-10-21(11-8-20)34(29,30)27-14-16-33-17-15-27/h6-11,18H,2-5,12-17H2,1H3,(H,25,28). The Kier molecular flexibility index (Phi) is 7.92. The lowest BCUT2D eigenvalue weighted by Gasteiger charge is -2.26. The largest absolute Gasteiger partial charge is 0.379 e. The first-order valence-electron chi connectivity index (χ1n) is 11.8. The molecule has 1 amide bonds. The fraction of sp³-hybridized carbons (Fsp3) is 0.458. The van der Waals surface area contributed by atoms with Gasteiger partial charge in [0.25, 0.3) is 5.91 Å². The first-order chi connectivity index (χ1) is 16.7. The number of rotatable bonds is 6. The van der Waals surface area contributed by atoms with E-state index in [1.165, 1.54) is 45.0 Å². The Morgan fingerprint density at radius 3 is 1.94 bits per heavy atom. The highest BCUT2D eigenvalue weighted by Gasteiger charge is 2.28. The Morgan fingerprint density at radius 1 is 0.771 bits per heavy atom. The predicted octanol–water partition coefficient (Wildman–Crippen LogP) is 2.83. The molecule has 2 aliphatic rings. The highest BCUT2D eigenvalue weighted by molar-refractivity contribution is 7.89. The number of nitrogens with one attached hydrogen (secondary N) is 1. The number of carbonyl (C=O) groups is 1. The number of carbonyl (C=O) groups excluding carboxylic acids is 1. The molecule has 35 heavy (non-hydrogen) atoms. The monoisotopic (exact) mass is 521 g/mol. The molecule has 2 heterocycles. The van der Waals surface area contributed by atoms with Gasteiger partial charge in [0.1, 0.15) is 0 Å². The van der Waals surface area contributed by atoms with Gasteiger partial charge in [0.2, 0.25) is 20.0 Å². The number of anilines is 1. The maximum Gasteiger partial charge on any atom is 0.255 e. The lowest BCUT2D eigenvalue weighted by molar-refractivity contribution is 0.0730. The maximum atomic E-state index is 13.2. The van der Waals surface area contributed by atoms with E-state index in [1.54, 1.807) is 13.0 Å². The molecule has 2 aromatic rings. The van der Waals surface area contributed by atoms with Crippen molar-refractivity contribution >= 4 is 31.6 Å². The van der Waals surface area contributed by atoms with E-state index in [4.69, 9.17) is 4.74 Å². The first kappa shape index (κ1) is 25.8. The molecule has 1 N–H and O–H groups in total. The highest BCUT2D eigenvalue weighted by atomic mass is 32.2. The van der Waals surface area contributed by atoms with E-state index in [0.717, 1.165) is 25.7 Å². The van der Waals surface area contributed by atoms with Gasteiger partial charge in [-0.05, 0) is 61.7 Å². The summed E-state index contributed by atoms with van der Waals surface area (Å²) in [5.74, 6) is -0.459. The van der Waals surface area contributed by atoms with Crippen LogP contribution < -0.4 is 5.32 Å². The van der Waals surface area contributed by atoms with Crippen LogP contribution in [-0.4, -0.2) is 70.7 Å². The van der Waals surface area contributed by atoms with Crippen molar-refractivity contribution in [1.29, 1.82) is 0 Å². The van der Waals surface area contributed by atoms with Crippen molar-refractivity contribution in [3.8, 4) is 0 Å². The molecule has 2 saturated heterocycles. The summed E-state index contributed by atoms with van der Waals surface area (Å²) in [6, 6.07) is 10.6. The number of benzene rings is 2. The normalized spacial score (nSPS) is 18.7. The van der Waals surface area contributed by atoms with Crippen LogP contribution in [-0.2, 0) is 24.8 Å².